The molecule has 0 aliphatic carbocycles. The summed E-state index contributed by atoms with van der Waals surface area (Å²) >= 11 is 0. The predicted molar refractivity (Wildman–Crippen MR) is 117 cm³/mol. The van der Waals surface area contributed by atoms with Crippen molar-refractivity contribution in [1.82, 2.24) is 9.47 Å². The SMILES string of the molecule is C/C(=C/n1c2c(c3cc(C)ccc31)CCN(C)C2C)c1ccc(C)cc1C. The maximum atomic E-state index is 2.46. The van der Waals surface area contributed by atoms with Crippen LogP contribution >= 0.6 is 0 Å². The Kier molecular flexibility index (Phi) is 4.47. The quantitative estimate of drug-likeness (QED) is 0.535. The average molecular weight is 359 g/mol. The molecule has 0 saturated heterocycles. The first-order valence-corrected chi connectivity index (χ1v) is 9.96. The molecule has 0 amide bonds. The molecule has 0 fully saturated rings. The zero-order valence-electron chi connectivity index (χ0n) is 17.4. The molecule has 27 heavy (non-hydrogen) atoms. The van der Waals surface area contributed by atoms with Crippen molar-refractivity contribution in [3.8, 4) is 0 Å². The second kappa shape index (κ2) is 6.69. The van der Waals surface area contributed by atoms with E-state index in [0.29, 0.717) is 6.04 Å². The molecule has 0 spiro atoms. The first kappa shape index (κ1) is 18.1. The van der Waals surface area contributed by atoms with Crippen LogP contribution in [0.1, 0.15) is 53.4 Å². The minimum Gasteiger partial charge on any atom is -0.318 e. The smallest absolute Gasteiger partial charge is 0.0529 e. The van der Waals surface area contributed by atoms with Crippen molar-refractivity contribution in [2.24, 2.45) is 0 Å². The molecule has 1 aromatic heterocycles. The van der Waals surface area contributed by atoms with Gasteiger partial charge < -0.3 is 4.57 Å². The minimum atomic E-state index is 0.421. The largest absolute Gasteiger partial charge is 0.318 e. The number of aromatic nitrogens is 1. The van der Waals surface area contributed by atoms with Crippen LogP contribution in [0.15, 0.2) is 36.4 Å². The van der Waals surface area contributed by atoms with Crippen LogP contribution in [0.4, 0.5) is 0 Å². The molecule has 2 aromatic carbocycles. The van der Waals surface area contributed by atoms with Gasteiger partial charge in [0.25, 0.3) is 0 Å². The van der Waals surface area contributed by atoms with Gasteiger partial charge in [-0.1, -0.05) is 35.4 Å². The van der Waals surface area contributed by atoms with Crippen LogP contribution in [0.25, 0.3) is 22.7 Å². The van der Waals surface area contributed by atoms with Gasteiger partial charge in [0.1, 0.15) is 0 Å². The van der Waals surface area contributed by atoms with Crippen molar-refractivity contribution < 1.29 is 0 Å². The van der Waals surface area contributed by atoms with E-state index in [4.69, 9.17) is 0 Å². The number of benzene rings is 2. The molecule has 2 heteroatoms. The Morgan fingerprint density at radius 1 is 1.04 bits per heavy atom. The van der Waals surface area contributed by atoms with Crippen LogP contribution in [0, 0.1) is 20.8 Å². The Morgan fingerprint density at radius 2 is 1.74 bits per heavy atom. The second-order valence-electron chi connectivity index (χ2n) is 8.29. The van der Waals surface area contributed by atoms with E-state index in [1.54, 1.807) is 0 Å². The normalized spacial score (nSPS) is 18.1. The van der Waals surface area contributed by atoms with Gasteiger partial charge in [0.05, 0.1) is 5.52 Å². The zero-order chi connectivity index (χ0) is 19.3. The van der Waals surface area contributed by atoms with E-state index < -0.39 is 0 Å². The van der Waals surface area contributed by atoms with Gasteiger partial charge in [-0.15, -0.1) is 0 Å². The number of aryl methyl sites for hydroxylation is 3. The molecular weight excluding hydrogens is 328 g/mol. The highest BCUT2D eigenvalue weighted by Gasteiger charge is 2.27. The Hall–Kier alpha value is -2.32. The van der Waals surface area contributed by atoms with Gasteiger partial charge >= 0.3 is 0 Å². The van der Waals surface area contributed by atoms with E-state index in [9.17, 15) is 0 Å². The summed E-state index contributed by atoms with van der Waals surface area (Å²) in [6.45, 7) is 12.3. The van der Waals surface area contributed by atoms with Gasteiger partial charge in [-0.05, 0) is 82.5 Å². The number of likely N-dealkylation sites (N-methyl/N-ethyl adjacent to an activating group) is 1. The molecule has 0 bridgehead atoms. The van der Waals surface area contributed by atoms with Crippen LogP contribution < -0.4 is 0 Å². The molecule has 140 valence electrons. The number of allylic oxidation sites excluding steroid dienone is 1. The summed E-state index contributed by atoms with van der Waals surface area (Å²) in [5.74, 6) is 0. The topological polar surface area (TPSA) is 8.17 Å². The van der Waals surface area contributed by atoms with Crippen molar-refractivity contribution >= 4 is 22.7 Å². The molecule has 0 N–H and O–H groups in total. The molecule has 1 unspecified atom stereocenters. The van der Waals surface area contributed by atoms with Crippen LogP contribution in [-0.4, -0.2) is 23.1 Å². The van der Waals surface area contributed by atoms with E-state index in [-0.39, 0.29) is 0 Å². The predicted octanol–water partition coefficient (Wildman–Crippen LogP) is 6.13. The van der Waals surface area contributed by atoms with Crippen molar-refractivity contribution in [1.29, 1.82) is 0 Å². The van der Waals surface area contributed by atoms with E-state index in [1.807, 2.05) is 0 Å². The highest BCUT2D eigenvalue weighted by Crippen LogP contribution is 2.37. The van der Waals surface area contributed by atoms with Gasteiger partial charge in [0, 0.05) is 29.9 Å². The number of hydrogen-bond acceptors (Lipinski definition) is 1. The van der Waals surface area contributed by atoms with Crippen LogP contribution in [0.3, 0.4) is 0 Å². The highest BCUT2D eigenvalue weighted by molar-refractivity contribution is 5.91. The maximum absolute atomic E-state index is 2.46. The maximum Gasteiger partial charge on any atom is 0.0529 e. The molecule has 0 radical (unpaired) electrons. The Balaban J connectivity index is 1.96. The van der Waals surface area contributed by atoms with E-state index in [2.05, 4.69) is 93.7 Å². The van der Waals surface area contributed by atoms with Crippen molar-refractivity contribution in [3.05, 3.63) is 69.9 Å². The van der Waals surface area contributed by atoms with Gasteiger partial charge in [-0.2, -0.15) is 0 Å². The summed E-state index contributed by atoms with van der Waals surface area (Å²) in [5.41, 5.74) is 11.0. The van der Waals surface area contributed by atoms with Gasteiger partial charge in [0.2, 0.25) is 0 Å². The summed E-state index contributed by atoms with van der Waals surface area (Å²) in [6.07, 6.45) is 3.48. The Morgan fingerprint density at radius 3 is 2.48 bits per heavy atom. The van der Waals surface area contributed by atoms with E-state index in [1.165, 1.54) is 50.0 Å². The van der Waals surface area contributed by atoms with Crippen molar-refractivity contribution in [3.63, 3.8) is 0 Å². The molecule has 1 aliphatic rings. The highest BCUT2D eigenvalue weighted by atomic mass is 15.2. The molecular formula is C25H30N2. The molecule has 4 rings (SSSR count). The van der Waals surface area contributed by atoms with Gasteiger partial charge in [0.15, 0.2) is 0 Å². The Bertz CT molecular complexity index is 1050. The summed E-state index contributed by atoms with van der Waals surface area (Å²) < 4.78 is 2.46. The lowest BCUT2D eigenvalue weighted by Gasteiger charge is -2.31. The van der Waals surface area contributed by atoms with Crippen LogP contribution in [0.5, 0.6) is 0 Å². The first-order chi connectivity index (χ1) is 12.9. The molecule has 0 saturated carbocycles. The minimum absolute atomic E-state index is 0.421. The summed E-state index contributed by atoms with van der Waals surface area (Å²) in [6, 6.07) is 14.1. The lowest BCUT2D eigenvalue weighted by molar-refractivity contribution is 0.242. The van der Waals surface area contributed by atoms with Gasteiger partial charge in [-0.3, -0.25) is 4.90 Å². The Labute approximate surface area is 163 Å². The summed E-state index contributed by atoms with van der Waals surface area (Å²) in [7, 11) is 2.24. The standard InChI is InChI=1S/C25H30N2/c1-16-7-9-21(18(3)13-16)19(4)15-27-24-10-8-17(2)14-23(24)22-11-12-26(6)20(5)25(22)27/h7-10,13-15,20H,11-12H2,1-6H3/b19-15-. The monoisotopic (exact) mass is 358 g/mol. The lowest BCUT2D eigenvalue weighted by atomic mass is 9.98. The van der Waals surface area contributed by atoms with Crippen LogP contribution in [0.2, 0.25) is 0 Å². The first-order valence-electron chi connectivity index (χ1n) is 9.96. The molecule has 1 atom stereocenters. The fourth-order valence-electron chi connectivity index (χ4n) is 4.58. The lowest BCUT2D eigenvalue weighted by Crippen LogP contribution is -2.31. The van der Waals surface area contributed by atoms with Gasteiger partial charge in [-0.25, -0.2) is 0 Å². The van der Waals surface area contributed by atoms with E-state index >= 15 is 0 Å². The number of hydrogen-bond donors (Lipinski definition) is 0. The number of rotatable bonds is 2. The van der Waals surface area contributed by atoms with Crippen molar-refractivity contribution in [2.75, 3.05) is 13.6 Å². The number of fused-ring (bicyclic) bond motifs is 3. The van der Waals surface area contributed by atoms with Crippen LogP contribution in [-0.2, 0) is 6.42 Å². The average Bonchev–Trinajstić information content (AvgIpc) is 2.91. The fourth-order valence-corrected chi connectivity index (χ4v) is 4.58. The fraction of sp³-hybridized carbons (Fsp3) is 0.360. The third kappa shape index (κ3) is 3.02. The number of nitrogens with zero attached hydrogens (tertiary/aromatic N) is 2. The van der Waals surface area contributed by atoms with Crippen molar-refractivity contribution in [2.45, 2.75) is 47.1 Å². The second-order valence-corrected chi connectivity index (χ2v) is 8.29. The summed E-state index contributed by atoms with van der Waals surface area (Å²) in [5, 5.41) is 1.43. The van der Waals surface area contributed by atoms with E-state index in [0.717, 1.165) is 13.0 Å². The molecule has 2 heterocycles. The molecule has 3 aromatic rings. The zero-order valence-corrected chi connectivity index (χ0v) is 17.4. The third-order valence-corrected chi connectivity index (χ3v) is 6.21. The third-order valence-electron chi connectivity index (χ3n) is 6.21. The summed E-state index contributed by atoms with van der Waals surface area (Å²) in [4.78, 5) is 2.46. The molecule has 1 aliphatic heterocycles. The molecule has 2 nitrogen and oxygen atoms in total.